The van der Waals surface area contributed by atoms with Crippen LogP contribution in [-0.2, 0) is 4.79 Å². The van der Waals surface area contributed by atoms with Gasteiger partial charge in [0.05, 0.1) is 6.42 Å². The van der Waals surface area contributed by atoms with Crippen LogP contribution in [0.25, 0.3) is 0 Å². The van der Waals surface area contributed by atoms with Crippen molar-refractivity contribution in [3.05, 3.63) is 16.9 Å². The SMILES string of the molecule is CC1=NN(c2nc(C)cc(Cl)n2)C(=O)C1. The fourth-order valence-corrected chi connectivity index (χ4v) is 1.56. The molecule has 0 spiro atoms. The monoisotopic (exact) mass is 224 g/mol. The van der Waals surface area contributed by atoms with E-state index >= 15 is 0 Å². The molecule has 6 heteroatoms. The van der Waals surface area contributed by atoms with E-state index in [4.69, 9.17) is 11.6 Å². The molecule has 1 aromatic rings. The minimum absolute atomic E-state index is 0.130. The number of anilines is 1. The van der Waals surface area contributed by atoms with E-state index in [9.17, 15) is 4.79 Å². The second-order valence-electron chi connectivity index (χ2n) is 3.35. The second kappa shape index (κ2) is 3.58. The van der Waals surface area contributed by atoms with Crippen LogP contribution in [0.3, 0.4) is 0 Å². The minimum Gasteiger partial charge on any atom is -0.272 e. The molecule has 15 heavy (non-hydrogen) atoms. The van der Waals surface area contributed by atoms with Gasteiger partial charge in [-0.25, -0.2) is 4.98 Å². The van der Waals surface area contributed by atoms with Crippen LogP contribution in [0.4, 0.5) is 5.95 Å². The highest BCUT2D eigenvalue weighted by atomic mass is 35.5. The van der Waals surface area contributed by atoms with Gasteiger partial charge in [-0.2, -0.15) is 15.1 Å². The van der Waals surface area contributed by atoms with Crippen LogP contribution in [0.1, 0.15) is 19.0 Å². The molecule has 1 aliphatic rings. The van der Waals surface area contributed by atoms with Crippen molar-refractivity contribution in [2.24, 2.45) is 5.10 Å². The zero-order valence-corrected chi connectivity index (χ0v) is 9.12. The zero-order chi connectivity index (χ0) is 11.0. The summed E-state index contributed by atoms with van der Waals surface area (Å²) in [6, 6.07) is 1.63. The molecule has 5 nitrogen and oxygen atoms in total. The maximum atomic E-state index is 11.5. The van der Waals surface area contributed by atoms with Crippen molar-refractivity contribution in [1.29, 1.82) is 0 Å². The predicted molar refractivity (Wildman–Crippen MR) is 57.0 cm³/mol. The number of hydrogen-bond acceptors (Lipinski definition) is 4. The standard InChI is InChI=1S/C9H9ClN4O/c1-5-3-7(10)12-9(11-5)14-8(15)4-6(2)13-14/h3H,4H2,1-2H3. The number of nitrogens with zero attached hydrogens (tertiary/aromatic N) is 4. The first-order valence-electron chi connectivity index (χ1n) is 4.44. The third-order valence-electron chi connectivity index (χ3n) is 1.91. The zero-order valence-electron chi connectivity index (χ0n) is 8.36. The summed E-state index contributed by atoms with van der Waals surface area (Å²) in [4.78, 5) is 19.6. The first kappa shape index (κ1) is 10.0. The van der Waals surface area contributed by atoms with Crippen molar-refractivity contribution in [3.63, 3.8) is 0 Å². The molecule has 1 aromatic heterocycles. The number of rotatable bonds is 1. The number of amides is 1. The molecule has 2 heterocycles. The van der Waals surface area contributed by atoms with Crippen molar-refractivity contribution < 1.29 is 4.79 Å². The summed E-state index contributed by atoms with van der Waals surface area (Å²) in [5.74, 6) is 0.107. The number of aryl methyl sites for hydroxylation is 1. The quantitative estimate of drug-likeness (QED) is 0.680. The fraction of sp³-hybridized carbons (Fsp3) is 0.333. The van der Waals surface area contributed by atoms with E-state index in [-0.39, 0.29) is 11.9 Å². The van der Waals surface area contributed by atoms with E-state index in [1.807, 2.05) is 0 Å². The van der Waals surface area contributed by atoms with E-state index in [2.05, 4.69) is 15.1 Å². The maximum absolute atomic E-state index is 11.5. The van der Waals surface area contributed by atoms with Crippen LogP contribution in [-0.4, -0.2) is 21.6 Å². The molecule has 1 aliphatic heterocycles. The number of carbonyl (C=O) groups excluding carboxylic acids is 1. The molecule has 78 valence electrons. The fourth-order valence-electron chi connectivity index (χ4n) is 1.32. The Morgan fingerprint density at radius 2 is 2.13 bits per heavy atom. The number of halogens is 1. The molecule has 0 saturated heterocycles. The summed E-state index contributed by atoms with van der Waals surface area (Å²) in [6.45, 7) is 3.57. The Kier molecular flexibility index (Phi) is 2.40. The molecule has 0 N–H and O–H groups in total. The predicted octanol–water partition coefficient (Wildman–Crippen LogP) is 1.55. The molecule has 1 amide bonds. The van der Waals surface area contributed by atoms with E-state index in [0.717, 1.165) is 5.71 Å². The number of aromatic nitrogens is 2. The molecule has 0 radical (unpaired) electrons. The molecular formula is C9H9ClN4O. The van der Waals surface area contributed by atoms with Crippen molar-refractivity contribution in [2.45, 2.75) is 20.3 Å². The van der Waals surface area contributed by atoms with Gasteiger partial charge in [-0.1, -0.05) is 11.6 Å². The van der Waals surface area contributed by atoms with E-state index in [0.29, 0.717) is 17.3 Å². The molecule has 0 bridgehead atoms. The summed E-state index contributed by atoms with van der Waals surface area (Å²) < 4.78 is 0. The Hall–Kier alpha value is -1.49. The highest BCUT2D eigenvalue weighted by molar-refractivity contribution is 6.29. The lowest BCUT2D eigenvalue weighted by Crippen LogP contribution is -2.22. The normalized spacial score (nSPS) is 15.8. The molecule has 0 atom stereocenters. The van der Waals surface area contributed by atoms with Gasteiger partial charge in [0, 0.05) is 11.4 Å². The lowest BCUT2D eigenvalue weighted by Gasteiger charge is -2.09. The maximum Gasteiger partial charge on any atom is 0.255 e. The molecular weight excluding hydrogens is 216 g/mol. The Labute approximate surface area is 91.8 Å². The average Bonchev–Trinajstić information content (AvgIpc) is 2.43. The van der Waals surface area contributed by atoms with Gasteiger partial charge in [-0.05, 0) is 19.9 Å². The number of carbonyl (C=O) groups is 1. The lowest BCUT2D eigenvalue weighted by atomic mass is 10.3. The van der Waals surface area contributed by atoms with E-state index in [1.165, 1.54) is 5.01 Å². The topological polar surface area (TPSA) is 58.5 Å². The van der Waals surface area contributed by atoms with Crippen molar-refractivity contribution in [3.8, 4) is 0 Å². The van der Waals surface area contributed by atoms with Crippen molar-refractivity contribution >= 4 is 29.2 Å². The van der Waals surface area contributed by atoms with Crippen molar-refractivity contribution in [1.82, 2.24) is 9.97 Å². The van der Waals surface area contributed by atoms with Crippen LogP contribution in [0.2, 0.25) is 5.15 Å². The van der Waals surface area contributed by atoms with Gasteiger partial charge in [0.25, 0.3) is 11.9 Å². The molecule has 0 saturated carbocycles. The smallest absolute Gasteiger partial charge is 0.255 e. The van der Waals surface area contributed by atoms with Gasteiger partial charge in [0.1, 0.15) is 5.15 Å². The van der Waals surface area contributed by atoms with Crippen LogP contribution in [0, 0.1) is 6.92 Å². The van der Waals surface area contributed by atoms with Crippen LogP contribution < -0.4 is 5.01 Å². The van der Waals surface area contributed by atoms with Crippen LogP contribution in [0.5, 0.6) is 0 Å². The largest absolute Gasteiger partial charge is 0.272 e. The average molecular weight is 225 g/mol. The Morgan fingerprint density at radius 3 is 2.67 bits per heavy atom. The molecule has 0 fully saturated rings. The summed E-state index contributed by atoms with van der Waals surface area (Å²) in [7, 11) is 0. The molecule has 0 aromatic carbocycles. The molecule has 2 rings (SSSR count). The van der Waals surface area contributed by atoms with Gasteiger partial charge in [-0.15, -0.1) is 0 Å². The van der Waals surface area contributed by atoms with Gasteiger partial charge in [-0.3, -0.25) is 4.79 Å². The van der Waals surface area contributed by atoms with Gasteiger partial charge in [0.2, 0.25) is 0 Å². The highest BCUT2D eigenvalue weighted by Gasteiger charge is 2.25. The first-order valence-corrected chi connectivity index (χ1v) is 4.82. The van der Waals surface area contributed by atoms with E-state index in [1.54, 1.807) is 19.9 Å². The molecule has 0 aliphatic carbocycles. The van der Waals surface area contributed by atoms with Gasteiger partial charge < -0.3 is 0 Å². The summed E-state index contributed by atoms with van der Waals surface area (Å²) in [6.07, 6.45) is 0.314. The molecule has 0 unspecified atom stereocenters. The first-order chi connectivity index (χ1) is 7.06. The van der Waals surface area contributed by atoms with Crippen molar-refractivity contribution in [2.75, 3.05) is 5.01 Å². The lowest BCUT2D eigenvalue weighted by molar-refractivity contribution is -0.117. The van der Waals surface area contributed by atoms with Gasteiger partial charge >= 0.3 is 0 Å². The highest BCUT2D eigenvalue weighted by Crippen LogP contribution is 2.18. The number of hydrogen-bond donors (Lipinski definition) is 0. The van der Waals surface area contributed by atoms with Crippen LogP contribution >= 0.6 is 11.6 Å². The summed E-state index contributed by atoms with van der Waals surface area (Å²) >= 11 is 5.78. The Balaban J connectivity index is 2.41. The van der Waals surface area contributed by atoms with Crippen LogP contribution in [0.15, 0.2) is 11.2 Å². The Bertz CT molecular complexity index is 437. The third kappa shape index (κ3) is 1.97. The second-order valence-corrected chi connectivity index (χ2v) is 3.74. The Morgan fingerprint density at radius 1 is 1.40 bits per heavy atom. The summed E-state index contributed by atoms with van der Waals surface area (Å²) in [5.41, 5.74) is 1.46. The summed E-state index contributed by atoms with van der Waals surface area (Å²) in [5, 5.41) is 5.54. The minimum atomic E-state index is -0.130. The van der Waals surface area contributed by atoms with Gasteiger partial charge in [0.15, 0.2) is 0 Å². The van der Waals surface area contributed by atoms with E-state index < -0.39 is 0 Å². The third-order valence-corrected chi connectivity index (χ3v) is 2.11. The number of hydrazone groups is 1.